The van der Waals surface area contributed by atoms with Gasteiger partial charge in [0, 0.05) is 36.3 Å². The van der Waals surface area contributed by atoms with E-state index in [1.54, 1.807) is 0 Å². The maximum atomic E-state index is 9.51. The van der Waals surface area contributed by atoms with Crippen molar-refractivity contribution in [1.29, 1.82) is 0 Å². The third-order valence-electron chi connectivity index (χ3n) is 4.35. The molecule has 2 aromatic rings. The van der Waals surface area contributed by atoms with E-state index >= 15 is 0 Å². The lowest BCUT2D eigenvalue weighted by atomic mass is 10.1. The first-order valence-electron chi connectivity index (χ1n) is 7.63. The van der Waals surface area contributed by atoms with Gasteiger partial charge in [-0.1, -0.05) is 24.3 Å². The van der Waals surface area contributed by atoms with Gasteiger partial charge in [0.2, 0.25) is 0 Å². The second-order valence-electron chi connectivity index (χ2n) is 5.97. The quantitative estimate of drug-likeness (QED) is 0.919. The Labute approximate surface area is 126 Å². The molecule has 0 spiro atoms. The molecule has 0 amide bonds. The number of pyridine rings is 1. The highest BCUT2D eigenvalue weighted by atomic mass is 16.3. The molecule has 1 fully saturated rings. The number of fused-ring (bicyclic) bond motifs is 1. The monoisotopic (exact) mass is 285 g/mol. The van der Waals surface area contributed by atoms with Gasteiger partial charge in [-0.2, -0.15) is 0 Å². The van der Waals surface area contributed by atoms with Crippen molar-refractivity contribution in [1.82, 2.24) is 9.88 Å². The number of benzene rings is 1. The second-order valence-corrected chi connectivity index (χ2v) is 5.97. The Kier molecular flexibility index (Phi) is 4.08. The molecule has 0 bridgehead atoms. The molecule has 3 rings (SSSR count). The van der Waals surface area contributed by atoms with Gasteiger partial charge in [-0.05, 0) is 32.3 Å². The summed E-state index contributed by atoms with van der Waals surface area (Å²) in [6.07, 6.45) is 2.97. The fraction of sp³-hybridized carbons (Fsp3) is 0.471. The first-order valence-corrected chi connectivity index (χ1v) is 7.63. The Morgan fingerprint density at radius 2 is 2.00 bits per heavy atom. The summed E-state index contributed by atoms with van der Waals surface area (Å²) in [7, 11) is 2.18. The minimum absolute atomic E-state index is 0.0338. The molecule has 1 aromatic carbocycles. The van der Waals surface area contributed by atoms with Crippen LogP contribution >= 0.6 is 0 Å². The highest BCUT2D eigenvalue weighted by Gasteiger charge is 2.22. The summed E-state index contributed by atoms with van der Waals surface area (Å²) in [6.45, 7) is 5.51. The van der Waals surface area contributed by atoms with Gasteiger partial charge in [-0.15, -0.1) is 0 Å². The van der Waals surface area contributed by atoms with E-state index in [4.69, 9.17) is 0 Å². The first-order chi connectivity index (χ1) is 10.2. The minimum Gasteiger partial charge on any atom is -0.392 e. The van der Waals surface area contributed by atoms with Crippen LogP contribution in [0.4, 0.5) is 5.82 Å². The molecule has 1 aromatic heterocycles. The SMILES string of the molecule is CC1CN(C)CCCN1c1ncc(CO)c2ccccc12. The molecular weight excluding hydrogens is 262 g/mol. The van der Waals surface area contributed by atoms with Crippen molar-refractivity contribution in [2.75, 3.05) is 31.6 Å². The fourth-order valence-electron chi connectivity index (χ4n) is 3.28. The molecule has 112 valence electrons. The lowest BCUT2D eigenvalue weighted by Gasteiger charge is -2.30. The van der Waals surface area contributed by atoms with E-state index in [0.717, 1.165) is 48.2 Å². The van der Waals surface area contributed by atoms with E-state index < -0.39 is 0 Å². The number of aliphatic hydroxyl groups excluding tert-OH is 1. The highest BCUT2D eigenvalue weighted by Crippen LogP contribution is 2.29. The molecule has 1 aliphatic heterocycles. The lowest BCUT2D eigenvalue weighted by molar-refractivity contribution is 0.283. The van der Waals surface area contributed by atoms with Crippen molar-refractivity contribution in [3.05, 3.63) is 36.0 Å². The molecule has 21 heavy (non-hydrogen) atoms. The van der Waals surface area contributed by atoms with Crippen LogP contribution < -0.4 is 4.90 Å². The maximum absolute atomic E-state index is 9.51. The van der Waals surface area contributed by atoms with Crippen LogP contribution in [0.15, 0.2) is 30.5 Å². The fourth-order valence-corrected chi connectivity index (χ4v) is 3.28. The summed E-state index contributed by atoms with van der Waals surface area (Å²) in [5, 5.41) is 11.8. The van der Waals surface area contributed by atoms with Gasteiger partial charge in [0.1, 0.15) is 5.82 Å². The minimum atomic E-state index is 0.0338. The zero-order valence-electron chi connectivity index (χ0n) is 12.8. The number of nitrogens with zero attached hydrogens (tertiary/aromatic N) is 3. The zero-order chi connectivity index (χ0) is 14.8. The maximum Gasteiger partial charge on any atom is 0.136 e. The van der Waals surface area contributed by atoms with Crippen LogP contribution in [0.5, 0.6) is 0 Å². The van der Waals surface area contributed by atoms with Gasteiger partial charge in [0.05, 0.1) is 6.61 Å². The van der Waals surface area contributed by atoms with Crippen LogP contribution in [-0.4, -0.2) is 47.7 Å². The largest absolute Gasteiger partial charge is 0.392 e. The number of likely N-dealkylation sites (N-methyl/N-ethyl adjacent to an activating group) is 1. The van der Waals surface area contributed by atoms with Crippen molar-refractivity contribution in [3.8, 4) is 0 Å². The summed E-state index contributed by atoms with van der Waals surface area (Å²) in [4.78, 5) is 9.46. The Morgan fingerprint density at radius 1 is 1.24 bits per heavy atom. The third kappa shape index (κ3) is 2.74. The Hall–Kier alpha value is -1.65. The summed E-state index contributed by atoms with van der Waals surface area (Å²) in [5.41, 5.74) is 0.897. The third-order valence-corrected chi connectivity index (χ3v) is 4.35. The van der Waals surface area contributed by atoms with E-state index in [-0.39, 0.29) is 6.61 Å². The van der Waals surface area contributed by atoms with Gasteiger partial charge < -0.3 is 14.9 Å². The van der Waals surface area contributed by atoms with Gasteiger partial charge in [0.25, 0.3) is 0 Å². The second kappa shape index (κ2) is 6.00. The van der Waals surface area contributed by atoms with Crippen molar-refractivity contribution in [2.24, 2.45) is 0 Å². The summed E-state index contributed by atoms with van der Waals surface area (Å²) >= 11 is 0. The number of aliphatic hydroxyl groups is 1. The summed E-state index contributed by atoms with van der Waals surface area (Å²) < 4.78 is 0. The Balaban J connectivity index is 2.07. The normalized spacial score (nSPS) is 20.7. The van der Waals surface area contributed by atoms with Gasteiger partial charge in [0.15, 0.2) is 0 Å². The van der Waals surface area contributed by atoms with Gasteiger partial charge in [-0.25, -0.2) is 4.98 Å². The summed E-state index contributed by atoms with van der Waals surface area (Å²) in [6, 6.07) is 8.68. The average Bonchev–Trinajstić information content (AvgIpc) is 2.66. The summed E-state index contributed by atoms with van der Waals surface area (Å²) in [5.74, 6) is 1.05. The predicted molar refractivity (Wildman–Crippen MR) is 86.6 cm³/mol. The van der Waals surface area contributed by atoms with E-state index in [2.05, 4.69) is 40.9 Å². The number of rotatable bonds is 2. The van der Waals surface area contributed by atoms with Crippen molar-refractivity contribution in [3.63, 3.8) is 0 Å². The van der Waals surface area contributed by atoms with Crippen molar-refractivity contribution < 1.29 is 5.11 Å². The molecule has 0 aliphatic carbocycles. The molecular formula is C17H23N3O. The highest BCUT2D eigenvalue weighted by molar-refractivity contribution is 5.94. The molecule has 1 saturated heterocycles. The molecule has 1 aliphatic rings. The molecule has 1 unspecified atom stereocenters. The first kappa shape index (κ1) is 14.3. The van der Waals surface area contributed by atoms with Crippen molar-refractivity contribution >= 4 is 16.6 Å². The molecule has 1 N–H and O–H groups in total. The van der Waals surface area contributed by atoms with Crippen LogP contribution in [0.3, 0.4) is 0 Å². The van der Waals surface area contributed by atoms with Crippen LogP contribution in [0.25, 0.3) is 10.8 Å². The molecule has 2 heterocycles. The van der Waals surface area contributed by atoms with Gasteiger partial charge in [-0.3, -0.25) is 0 Å². The van der Waals surface area contributed by atoms with Crippen molar-refractivity contribution in [2.45, 2.75) is 26.0 Å². The number of aromatic nitrogens is 1. The van der Waals surface area contributed by atoms with E-state index in [1.807, 2.05) is 18.3 Å². The molecule has 0 saturated carbocycles. The molecule has 0 radical (unpaired) electrons. The number of anilines is 1. The number of hydrogen-bond donors (Lipinski definition) is 1. The van der Waals surface area contributed by atoms with Crippen LogP contribution in [0.1, 0.15) is 18.9 Å². The molecule has 4 nitrogen and oxygen atoms in total. The molecule has 4 heteroatoms. The van der Waals surface area contributed by atoms with E-state index in [1.165, 1.54) is 0 Å². The van der Waals surface area contributed by atoms with Crippen LogP contribution in [0.2, 0.25) is 0 Å². The standard InChI is InChI=1S/C17H23N3O/c1-13-11-19(2)8-5-9-20(13)17-16-7-4-3-6-15(16)14(12-21)10-18-17/h3-4,6-7,10,13,21H,5,8-9,11-12H2,1-2H3. The van der Waals surface area contributed by atoms with E-state index in [9.17, 15) is 5.11 Å². The van der Waals surface area contributed by atoms with Crippen LogP contribution in [-0.2, 0) is 6.61 Å². The average molecular weight is 285 g/mol. The topological polar surface area (TPSA) is 39.6 Å². The van der Waals surface area contributed by atoms with Gasteiger partial charge >= 0.3 is 0 Å². The smallest absolute Gasteiger partial charge is 0.136 e. The lowest BCUT2D eigenvalue weighted by Crippen LogP contribution is -2.38. The predicted octanol–water partition coefficient (Wildman–Crippen LogP) is 2.26. The Morgan fingerprint density at radius 3 is 2.76 bits per heavy atom. The number of hydrogen-bond acceptors (Lipinski definition) is 4. The van der Waals surface area contributed by atoms with E-state index in [0.29, 0.717) is 6.04 Å². The Bertz CT molecular complexity index is 628. The van der Waals surface area contributed by atoms with Crippen LogP contribution in [0, 0.1) is 0 Å². The molecule has 1 atom stereocenters. The zero-order valence-corrected chi connectivity index (χ0v) is 12.8.